The Morgan fingerprint density at radius 3 is 2.58 bits per heavy atom. The van der Waals surface area contributed by atoms with E-state index in [1.165, 1.54) is 16.2 Å². The number of carbonyl (C=O) groups excluding carboxylic acids is 2. The van der Waals surface area contributed by atoms with Crippen LogP contribution in [0.4, 0.5) is 0 Å². The minimum atomic E-state index is -0.239. The highest BCUT2D eigenvalue weighted by Gasteiger charge is 2.40. The average molecular weight is 342 g/mol. The molecule has 0 saturated heterocycles. The van der Waals surface area contributed by atoms with Crippen molar-refractivity contribution in [2.45, 2.75) is 13.8 Å². The quantitative estimate of drug-likeness (QED) is 0.665. The van der Waals surface area contributed by atoms with Gasteiger partial charge in [0.25, 0.3) is 11.8 Å². The van der Waals surface area contributed by atoms with Gasteiger partial charge in [-0.2, -0.15) is 0 Å². The Balaban J connectivity index is 1.81. The first kappa shape index (κ1) is 15.4. The standard InChI is InChI=1S/C18H18N2O3S/c1-3-19(4-2)7-8-20-17(21)13-14(18(20)22)16-12(6-10-24-16)11-5-9-23-15(11)13/h5-6,9-10H,3-4,7-8H2,1-2H3. The van der Waals surface area contributed by atoms with Gasteiger partial charge in [-0.25, -0.2) is 0 Å². The van der Waals surface area contributed by atoms with Crippen LogP contribution in [-0.2, 0) is 0 Å². The second-order valence-corrected chi connectivity index (χ2v) is 6.78. The number of nitrogens with zero attached hydrogens (tertiary/aromatic N) is 2. The van der Waals surface area contributed by atoms with Gasteiger partial charge in [0.15, 0.2) is 0 Å². The summed E-state index contributed by atoms with van der Waals surface area (Å²) in [6, 6.07) is 3.84. The normalized spacial score (nSPS) is 14.5. The maximum absolute atomic E-state index is 12.9. The summed E-state index contributed by atoms with van der Waals surface area (Å²) in [5.74, 6) is -0.440. The summed E-state index contributed by atoms with van der Waals surface area (Å²) in [5, 5.41) is 3.83. The second-order valence-electron chi connectivity index (χ2n) is 5.87. The Morgan fingerprint density at radius 1 is 1.08 bits per heavy atom. The van der Waals surface area contributed by atoms with Crippen molar-refractivity contribution in [3.63, 3.8) is 0 Å². The van der Waals surface area contributed by atoms with Crippen LogP contribution in [0.2, 0.25) is 0 Å². The molecule has 0 unspecified atom stereocenters. The maximum Gasteiger partial charge on any atom is 0.265 e. The topological polar surface area (TPSA) is 53.8 Å². The fourth-order valence-electron chi connectivity index (χ4n) is 3.41. The van der Waals surface area contributed by atoms with Gasteiger partial charge in [-0.15, -0.1) is 11.3 Å². The zero-order valence-corrected chi connectivity index (χ0v) is 14.5. The summed E-state index contributed by atoms with van der Waals surface area (Å²) in [6.07, 6.45) is 1.58. The molecule has 1 aliphatic heterocycles. The van der Waals surface area contributed by atoms with Gasteiger partial charge in [-0.05, 0) is 30.6 Å². The zero-order chi connectivity index (χ0) is 16.8. The van der Waals surface area contributed by atoms with E-state index in [9.17, 15) is 9.59 Å². The Hall–Kier alpha value is -2.18. The minimum absolute atomic E-state index is 0.201. The van der Waals surface area contributed by atoms with Crippen LogP contribution in [0.3, 0.4) is 0 Å². The van der Waals surface area contributed by atoms with Crippen molar-refractivity contribution >= 4 is 44.2 Å². The van der Waals surface area contributed by atoms with Crippen molar-refractivity contribution in [3.8, 4) is 0 Å². The van der Waals surface area contributed by atoms with E-state index in [-0.39, 0.29) is 11.8 Å². The fraction of sp³-hybridized carbons (Fsp3) is 0.333. The molecule has 1 aliphatic rings. The lowest BCUT2D eigenvalue weighted by Gasteiger charge is -2.21. The summed E-state index contributed by atoms with van der Waals surface area (Å²) < 4.78 is 6.45. The van der Waals surface area contributed by atoms with E-state index in [2.05, 4.69) is 18.7 Å². The van der Waals surface area contributed by atoms with Gasteiger partial charge < -0.3 is 9.32 Å². The van der Waals surface area contributed by atoms with E-state index < -0.39 is 0 Å². The second kappa shape index (κ2) is 5.72. The third kappa shape index (κ3) is 2.03. The van der Waals surface area contributed by atoms with E-state index in [1.54, 1.807) is 6.26 Å². The van der Waals surface area contributed by atoms with E-state index >= 15 is 0 Å². The Bertz CT molecular complexity index is 882. The van der Waals surface area contributed by atoms with Crippen LogP contribution < -0.4 is 0 Å². The SMILES string of the molecule is CCN(CC)CCN1C(=O)c2c(c3sccc3c3ccoc23)C1=O. The molecule has 0 aliphatic carbocycles. The molecule has 24 heavy (non-hydrogen) atoms. The summed E-state index contributed by atoms with van der Waals surface area (Å²) >= 11 is 1.50. The number of benzene rings is 1. The molecule has 5 nitrogen and oxygen atoms in total. The third-order valence-corrected chi connectivity index (χ3v) is 5.71. The number of rotatable bonds is 5. The van der Waals surface area contributed by atoms with Gasteiger partial charge in [-0.3, -0.25) is 14.5 Å². The van der Waals surface area contributed by atoms with E-state index in [4.69, 9.17) is 4.42 Å². The molecule has 0 saturated carbocycles. The van der Waals surface area contributed by atoms with Crippen molar-refractivity contribution in [1.29, 1.82) is 0 Å². The number of likely N-dealkylation sites (N-methyl/N-ethyl adjacent to an activating group) is 1. The van der Waals surface area contributed by atoms with Gasteiger partial charge >= 0.3 is 0 Å². The van der Waals surface area contributed by atoms with Crippen molar-refractivity contribution in [2.75, 3.05) is 26.2 Å². The highest BCUT2D eigenvalue weighted by molar-refractivity contribution is 7.17. The van der Waals surface area contributed by atoms with E-state index in [0.717, 1.165) is 28.6 Å². The van der Waals surface area contributed by atoms with Gasteiger partial charge in [0.2, 0.25) is 0 Å². The van der Waals surface area contributed by atoms with Crippen LogP contribution in [0.15, 0.2) is 28.2 Å². The molecule has 0 bridgehead atoms. The van der Waals surface area contributed by atoms with Gasteiger partial charge in [0.05, 0.1) is 17.4 Å². The number of amides is 2. The fourth-order valence-corrected chi connectivity index (χ4v) is 4.36. The van der Waals surface area contributed by atoms with Crippen LogP contribution in [-0.4, -0.2) is 47.8 Å². The van der Waals surface area contributed by atoms with Gasteiger partial charge in [0, 0.05) is 28.6 Å². The lowest BCUT2D eigenvalue weighted by molar-refractivity contribution is 0.0639. The molecule has 1 aromatic carbocycles. The predicted octanol–water partition coefficient (Wildman–Crippen LogP) is 3.59. The van der Waals surface area contributed by atoms with Crippen LogP contribution >= 0.6 is 11.3 Å². The Morgan fingerprint density at radius 2 is 1.83 bits per heavy atom. The lowest BCUT2D eigenvalue weighted by atomic mass is 10.0. The molecule has 3 heterocycles. The summed E-state index contributed by atoms with van der Waals surface area (Å²) in [5.41, 5.74) is 1.46. The highest BCUT2D eigenvalue weighted by Crippen LogP contribution is 2.40. The molecule has 3 aromatic rings. The maximum atomic E-state index is 12.9. The van der Waals surface area contributed by atoms with Crippen LogP contribution in [0, 0.1) is 0 Å². The molecular weight excluding hydrogens is 324 g/mol. The molecule has 0 radical (unpaired) electrons. The summed E-state index contributed by atoms with van der Waals surface area (Å²) in [7, 11) is 0. The number of thiophene rings is 1. The number of furan rings is 1. The third-order valence-electron chi connectivity index (χ3n) is 4.78. The van der Waals surface area contributed by atoms with Crippen molar-refractivity contribution in [3.05, 3.63) is 34.9 Å². The molecule has 2 amide bonds. The first-order chi connectivity index (χ1) is 11.7. The van der Waals surface area contributed by atoms with E-state index in [0.29, 0.717) is 29.8 Å². The lowest BCUT2D eigenvalue weighted by Crippen LogP contribution is -2.38. The zero-order valence-electron chi connectivity index (χ0n) is 13.7. The number of hydrogen-bond donors (Lipinski definition) is 0. The Kier molecular flexibility index (Phi) is 3.66. The van der Waals surface area contributed by atoms with Crippen molar-refractivity contribution in [2.24, 2.45) is 0 Å². The minimum Gasteiger partial charge on any atom is -0.463 e. The summed E-state index contributed by atoms with van der Waals surface area (Å²) in [6.45, 7) is 7.05. The molecule has 0 N–H and O–H groups in total. The van der Waals surface area contributed by atoms with Gasteiger partial charge in [-0.1, -0.05) is 13.8 Å². The predicted molar refractivity (Wildman–Crippen MR) is 94.8 cm³/mol. The molecule has 0 fully saturated rings. The molecular formula is C18H18N2O3S. The number of carbonyl (C=O) groups is 2. The molecule has 124 valence electrons. The van der Waals surface area contributed by atoms with E-state index in [1.807, 2.05) is 17.5 Å². The Labute approximate surface area is 143 Å². The number of hydrogen-bond acceptors (Lipinski definition) is 5. The largest absolute Gasteiger partial charge is 0.463 e. The average Bonchev–Trinajstić information content (AvgIpc) is 3.28. The van der Waals surface area contributed by atoms with Crippen LogP contribution in [0.5, 0.6) is 0 Å². The van der Waals surface area contributed by atoms with Gasteiger partial charge in [0.1, 0.15) is 5.58 Å². The van der Waals surface area contributed by atoms with Crippen molar-refractivity contribution < 1.29 is 14.0 Å². The number of imide groups is 1. The molecule has 0 atom stereocenters. The monoisotopic (exact) mass is 342 g/mol. The molecule has 4 rings (SSSR count). The smallest absolute Gasteiger partial charge is 0.265 e. The molecule has 6 heteroatoms. The van der Waals surface area contributed by atoms with Crippen LogP contribution in [0.25, 0.3) is 21.1 Å². The van der Waals surface area contributed by atoms with Crippen LogP contribution in [0.1, 0.15) is 34.6 Å². The first-order valence-electron chi connectivity index (χ1n) is 8.16. The molecule has 0 spiro atoms. The highest BCUT2D eigenvalue weighted by atomic mass is 32.1. The summed E-state index contributed by atoms with van der Waals surface area (Å²) in [4.78, 5) is 29.4. The molecule has 2 aromatic heterocycles. The van der Waals surface area contributed by atoms with Crippen molar-refractivity contribution in [1.82, 2.24) is 9.80 Å². The first-order valence-corrected chi connectivity index (χ1v) is 9.04. The number of fused-ring (bicyclic) bond motifs is 6.